The van der Waals surface area contributed by atoms with E-state index < -0.39 is 0 Å². The fraction of sp³-hybridized carbons (Fsp3) is 0.500. The van der Waals surface area contributed by atoms with Crippen LogP contribution in [-0.4, -0.2) is 30.1 Å². The lowest BCUT2D eigenvalue weighted by Crippen LogP contribution is -2.54. The average Bonchev–Trinajstić information content (AvgIpc) is 2.24. The van der Waals surface area contributed by atoms with Gasteiger partial charge in [-0.25, -0.2) is 0 Å². The number of hydrogen-bond acceptors (Lipinski definition) is 2. The van der Waals surface area contributed by atoms with Crippen molar-refractivity contribution < 1.29 is 0 Å². The van der Waals surface area contributed by atoms with Gasteiger partial charge < -0.3 is 0 Å². The topological polar surface area (TPSA) is 52.0 Å². The minimum atomic E-state index is 0.184. The van der Waals surface area contributed by atoms with Gasteiger partial charge in [0.15, 0.2) is 0 Å². The molecule has 0 spiro atoms. The quantitative estimate of drug-likeness (QED) is 0.433. The predicted molar refractivity (Wildman–Crippen MR) is 64.1 cm³/mol. The van der Waals surface area contributed by atoms with Crippen molar-refractivity contribution in [3.8, 4) is 0 Å². The van der Waals surface area contributed by atoms with Gasteiger partial charge in [0.2, 0.25) is 0 Å². The van der Waals surface area contributed by atoms with Crippen LogP contribution in [0.2, 0.25) is 0 Å². The molecular weight excluding hydrogens is 200 g/mol. The normalized spacial score (nSPS) is 18.6. The van der Waals surface area contributed by atoms with E-state index in [0.29, 0.717) is 6.04 Å². The first-order chi connectivity index (χ1) is 7.79. The summed E-state index contributed by atoms with van der Waals surface area (Å²) in [5.74, 6) is 0. The summed E-state index contributed by atoms with van der Waals surface area (Å²) in [4.78, 5) is 5.19. The number of azide groups is 1. The zero-order chi connectivity index (χ0) is 11.4. The van der Waals surface area contributed by atoms with Crippen LogP contribution in [-0.2, 0) is 6.42 Å². The molecule has 16 heavy (non-hydrogen) atoms. The molecule has 2 rings (SSSR count). The summed E-state index contributed by atoms with van der Waals surface area (Å²) in [6.07, 6.45) is 1.06. The van der Waals surface area contributed by atoms with Gasteiger partial charge in [0, 0.05) is 24.0 Å². The molecule has 0 bridgehead atoms. The summed E-state index contributed by atoms with van der Waals surface area (Å²) in [6, 6.07) is 11.2. The van der Waals surface area contributed by atoms with Crippen LogP contribution in [0.25, 0.3) is 10.4 Å². The SMILES string of the molecule is C[C@@H](Cc1ccccc1)N1CC(N=[N+]=[N-])C1. The first kappa shape index (κ1) is 11.0. The molecule has 1 aliphatic rings. The molecule has 0 N–H and O–H groups in total. The number of rotatable bonds is 4. The van der Waals surface area contributed by atoms with E-state index in [9.17, 15) is 0 Å². The number of nitrogens with zero attached hydrogens (tertiary/aromatic N) is 4. The van der Waals surface area contributed by atoms with E-state index in [1.807, 2.05) is 6.07 Å². The van der Waals surface area contributed by atoms with Crippen molar-refractivity contribution in [3.05, 3.63) is 46.3 Å². The van der Waals surface area contributed by atoms with Crippen molar-refractivity contribution in [3.63, 3.8) is 0 Å². The second-order valence-electron chi connectivity index (χ2n) is 4.35. The largest absolute Gasteiger partial charge is 0.299 e. The van der Waals surface area contributed by atoms with Crippen LogP contribution in [0.4, 0.5) is 0 Å². The molecule has 0 amide bonds. The third-order valence-corrected chi connectivity index (χ3v) is 3.10. The Kier molecular flexibility index (Phi) is 3.44. The summed E-state index contributed by atoms with van der Waals surface area (Å²) in [5, 5.41) is 3.71. The summed E-state index contributed by atoms with van der Waals surface area (Å²) in [5.41, 5.74) is 9.66. The summed E-state index contributed by atoms with van der Waals surface area (Å²) in [6.45, 7) is 4.02. The van der Waals surface area contributed by atoms with Crippen molar-refractivity contribution in [2.75, 3.05) is 13.1 Å². The second kappa shape index (κ2) is 5.01. The minimum Gasteiger partial charge on any atom is -0.299 e. The van der Waals surface area contributed by atoms with Crippen molar-refractivity contribution in [2.24, 2.45) is 5.11 Å². The van der Waals surface area contributed by atoms with Gasteiger partial charge in [0.1, 0.15) is 0 Å². The van der Waals surface area contributed by atoms with Gasteiger partial charge >= 0.3 is 0 Å². The van der Waals surface area contributed by atoms with Gasteiger partial charge in [-0.2, -0.15) is 0 Å². The van der Waals surface area contributed by atoms with Crippen LogP contribution in [0.1, 0.15) is 12.5 Å². The highest BCUT2D eigenvalue weighted by atomic mass is 15.3. The van der Waals surface area contributed by atoms with Gasteiger partial charge in [-0.3, -0.25) is 4.90 Å². The van der Waals surface area contributed by atoms with E-state index >= 15 is 0 Å². The highest BCUT2D eigenvalue weighted by molar-refractivity contribution is 5.16. The van der Waals surface area contributed by atoms with E-state index in [1.165, 1.54) is 5.56 Å². The molecule has 84 valence electrons. The molecule has 0 unspecified atom stereocenters. The first-order valence-corrected chi connectivity index (χ1v) is 5.62. The fourth-order valence-corrected chi connectivity index (χ4v) is 2.08. The molecule has 4 nitrogen and oxygen atoms in total. The van der Waals surface area contributed by atoms with Crippen LogP contribution in [0.15, 0.2) is 35.4 Å². The zero-order valence-electron chi connectivity index (χ0n) is 9.45. The van der Waals surface area contributed by atoms with Gasteiger partial charge in [0.05, 0.1) is 6.04 Å². The molecule has 1 aliphatic heterocycles. The highest BCUT2D eigenvalue weighted by Crippen LogP contribution is 2.18. The maximum absolute atomic E-state index is 8.30. The Balaban J connectivity index is 1.82. The average molecular weight is 216 g/mol. The Morgan fingerprint density at radius 1 is 1.44 bits per heavy atom. The maximum Gasteiger partial charge on any atom is 0.0628 e. The molecule has 1 aromatic carbocycles. The number of hydrogen-bond donors (Lipinski definition) is 0. The monoisotopic (exact) mass is 216 g/mol. The molecule has 0 saturated carbocycles. The first-order valence-electron chi connectivity index (χ1n) is 5.62. The summed E-state index contributed by atoms with van der Waals surface area (Å²) >= 11 is 0. The highest BCUT2D eigenvalue weighted by Gasteiger charge is 2.29. The molecule has 0 aromatic heterocycles. The predicted octanol–water partition coefficient (Wildman–Crippen LogP) is 2.61. The van der Waals surface area contributed by atoms with Crippen molar-refractivity contribution in [1.29, 1.82) is 0 Å². The van der Waals surface area contributed by atoms with Crippen LogP contribution in [0.3, 0.4) is 0 Å². The van der Waals surface area contributed by atoms with E-state index in [2.05, 4.69) is 46.1 Å². The van der Waals surface area contributed by atoms with E-state index in [4.69, 9.17) is 5.53 Å². The molecule has 1 atom stereocenters. The molecule has 1 saturated heterocycles. The lowest BCUT2D eigenvalue weighted by Gasteiger charge is -2.41. The Bertz CT molecular complexity index is 377. The Morgan fingerprint density at radius 3 is 2.75 bits per heavy atom. The number of likely N-dealkylation sites (tertiary alicyclic amines) is 1. The van der Waals surface area contributed by atoms with Crippen LogP contribution >= 0.6 is 0 Å². The van der Waals surface area contributed by atoms with E-state index in [1.54, 1.807) is 0 Å². The van der Waals surface area contributed by atoms with Crippen LogP contribution in [0.5, 0.6) is 0 Å². The Labute approximate surface area is 95.5 Å². The molecule has 1 heterocycles. The fourth-order valence-electron chi connectivity index (χ4n) is 2.08. The Hall–Kier alpha value is -1.51. The minimum absolute atomic E-state index is 0.184. The maximum atomic E-state index is 8.30. The van der Waals surface area contributed by atoms with Gasteiger partial charge in [0.25, 0.3) is 0 Å². The second-order valence-corrected chi connectivity index (χ2v) is 4.35. The molecule has 4 heteroatoms. The third-order valence-electron chi connectivity index (χ3n) is 3.10. The van der Waals surface area contributed by atoms with Gasteiger partial charge in [-0.05, 0) is 24.4 Å². The standard InChI is InChI=1S/C12H16N4/c1-10(7-11-5-3-2-4-6-11)16-8-12(9-16)14-15-13/h2-6,10,12H,7-9H2,1H3/t10-/m0/s1. The smallest absolute Gasteiger partial charge is 0.0628 e. The van der Waals surface area contributed by atoms with Crippen LogP contribution < -0.4 is 0 Å². The summed E-state index contributed by atoms with van der Waals surface area (Å²) < 4.78 is 0. The molecule has 0 aliphatic carbocycles. The van der Waals surface area contributed by atoms with Gasteiger partial charge in [-0.1, -0.05) is 35.4 Å². The zero-order valence-corrected chi connectivity index (χ0v) is 9.45. The lowest BCUT2D eigenvalue weighted by atomic mass is 10.0. The summed E-state index contributed by atoms with van der Waals surface area (Å²) in [7, 11) is 0. The molecule has 1 aromatic rings. The lowest BCUT2D eigenvalue weighted by molar-refractivity contribution is 0.103. The van der Waals surface area contributed by atoms with Crippen LogP contribution in [0, 0.1) is 0 Å². The van der Waals surface area contributed by atoms with Gasteiger partial charge in [-0.15, -0.1) is 0 Å². The molecular formula is C12H16N4. The van der Waals surface area contributed by atoms with E-state index in [0.717, 1.165) is 19.5 Å². The third kappa shape index (κ3) is 2.54. The van der Waals surface area contributed by atoms with Crippen molar-refractivity contribution >= 4 is 0 Å². The van der Waals surface area contributed by atoms with Crippen molar-refractivity contribution in [2.45, 2.75) is 25.4 Å². The molecule has 1 fully saturated rings. The molecule has 0 radical (unpaired) electrons. The Morgan fingerprint density at radius 2 is 2.12 bits per heavy atom. The van der Waals surface area contributed by atoms with Crippen molar-refractivity contribution in [1.82, 2.24) is 4.90 Å². The van der Waals surface area contributed by atoms with E-state index in [-0.39, 0.29) is 6.04 Å². The number of benzene rings is 1.